The van der Waals surface area contributed by atoms with Crippen LogP contribution >= 0.6 is 0 Å². The van der Waals surface area contributed by atoms with Crippen molar-refractivity contribution in [1.82, 2.24) is 9.13 Å². The molecule has 2 nitrogen and oxygen atoms in total. The molecule has 0 amide bonds. The number of nitrogens with zero attached hydrogens (tertiary/aromatic N) is 2. The third-order valence-corrected chi connectivity index (χ3v) is 14.5. The highest BCUT2D eigenvalue weighted by molar-refractivity contribution is 6.19. The summed E-state index contributed by atoms with van der Waals surface area (Å²) in [6, 6.07) is 77.1. The number of hydrogen-bond donors (Lipinski definition) is 0. The minimum atomic E-state index is -0.111. The molecule has 0 atom stereocenters. The van der Waals surface area contributed by atoms with E-state index in [9.17, 15) is 0 Å². The van der Waals surface area contributed by atoms with E-state index in [0.29, 0.717) is 0 Å². The van der Waals surface area contributed by atoms with Crippen LogP contribution in [0.2, 0.25) is 0 Å². The summed E-state index contributed by atoms with van der Waals surface area (Å²) in [5.74, 6) is 0. The smallest absolute Gasteiger partial charge is 0.0544 e. The Bertz CT molecular complexity index is 3880. The molecule has 0 bridgehead atoms. The zero-order chi connectivity index (χ0) is 41.6. The van der Waals surface area contributed by atoms with E-state index in [4.69, 9.17) is 0 Å². The van der Waals surface area contributed by atoms with Crippen LogP contribution < -0.4 is 0 Å². The van der Waals surface area contributed by atoms with Crippen molar-refractivity contribution in [3.63, 3.8) is 0 Å². The monoisotopic (exact) mass is 800 g/mol. The fraction of sp³-hybridized carbons (Fsp3) is 0.0492. The Hall–Kier alpha value is -7.94. The summed E-state index contributed by atoms with van der Waals surface area (Å²) >= 11 is 0. The van der Waals surface area contributed by atoms with Crippen molar-refractivity contribution in [3.05, 3.63) is 217 Å². The third kappa shape index (κ3) is 4.73. The van der Waals surface area contributed by atoms with E-state index < -0.39 is 0 Å². The van der Waals surface area contributed by atoms with E-state index >= 15 is 0 Å². The maximum Gasteiger partial charge on any atom is 0.0544 e. The third-order valence-electron chi connectivity index (χ3n) is 14.5. The molecule has 12 aromatic rings. The summed E-state index contributed by atoms with van der Waals surface area (Å²) in [7, 11) is 0. The van der Waals surface area contributed by atoms with Crippen LogP contribution in [0, 0.1) is 0 Å². The average molecular weight is 801 g/mol. The number of benzene rings is 10. The topological polar surface area (TPSA) is 9.86 Å². The molecular formula is C61H40N2. The number of fused-ring (bicyclic) bond motifs is 12. The molecule has 63 heavy (non-hydrogen) atoms. The highest BCUT2D eigenvalue weighted by Gasteiger charge is 2.36. The Kier molecular flexibility index (Phi) is 6.93. The molecule has 2 heteroatoms. The van der Waals surface area contributed by atoms with Gasteiger partial charge >= 0.3 is 0 Å². The van der Waals surface area contributed by atoms with Crippen molar-refractivity contribution < 1.29 is 0 Å². The molecular weight excluding hydrogens is 761 g/mol. The van der Waals surface area contributed by atoms with Gasteiger partial charge in [0, 0.05) is 38.3 Å². The van der Waals surface area contributed by atoms with Crippen molar-refractivity contribution >= 4 is 54.4 Å². The van der Waals surface area contributed by atoms with E-state index in [0.717, 1.165) is 5.69 Å². The minimum absolute atomic E-state index is 0.111. The first-order valence-electron chi connectivity index (χ1n) is 22.1. The molecule has 10 aromatic carbocycles. The molecule has 294 valence electrons. The van der Waals surface area contributed by atoms with Crippen LogP contribution in [0.5, 0.6) is 0 Å². The zero-order valence-electron chi connectivity index (χ0n) is 35.0. The lowest BCUT2D eigenvalue weighted by atomic mass is 9.82. The van der Waals surface area contributed by atoms with E-state index in [2.05, 4.69) is 229 Å². The normalized spacial score (nSPS) is 13.4. The largest absolute Gasteiger partial charge is 0.309 e. The van der Waals surface area contributed by atoms with Crippen LogP contribution in [-0.2, 0) is 5.41 Å². The molecule has 0 spiro atoms. The predicted octanol–water partition coefficient (Wildman–Crippen LogP) is 16.3. The number of aromatic nitrogens is 2. The van der Waals surface area contributed by atoms with Crippen LogP contribution in [0.1, 0.15) is 25.0 Å². The lowest BCUT2D eigenvalue weighted by Crippen LogP contribution is -2.14. The van der Waals surface area contributed by atoms with Crippen LogP contribution in [0.15, 0.2) is 206 Å². The fourth-order valence-corrected chi connectivity index (χ4v) is 11.5. The molecule has 2 aromatic heterocycles. The van der Waals surface area contributed by atoms with Gasteiger partial charge in [0.05, 0.1) is 22.1 Å². The standard InChI is InChI=1S/C61H40N2/c1-61(2)54-21-10-8-17-45(54)50-35-53-52-34-39(38-25-31-57-51(33-38)46-18-9-11-22-56(46)62(57)40-13-4-3-5-14-40)26-32-58(52)63(59(53)36-55(50)61)41-27-23-37(24-28-41)42-29-30-49-44-16-7-6-15-43(44)48-20-12-19-47(42)60(48)49/h3-36H,1-2H3. The molecule has 0 fully saturated rings. The lowest BCUT2D eigenvalue weighted by Gasteiger charge is -2.21. The van der Waals surface area contributed by atoms with Gasteiger partial charge < -0.3 is 9.13 Å². The molecule has 0 aliphatic heterocycles. The van der Waals surface area contributed by atoms with Crippen molar-refractivity contribution in [2.24, 2.45) is 0 Å². The van der Waals surface area contributed by atoms with E-state index in [1.165, 1.54) is 127 Å². The maximum atomic E-state index is 2.50. The summed E-state index contributed by atoms with van der Waals surface area (Å²) in [4.78, 5) is 0. The Morgan fingerprint density at radius 3 is 1.57 bits per heavy atom. The van der Waals surface area contributed by atoms with Gasteiger partial charge in [-0.3, -0.25) is 0 Å². The van der Waals surface area contributed by atoms with Crippen LogP contribution in [-0.4, -0.2) is 9.13 Å². The molecule has 14 rings (SSSR count). The Labute approximate surface area is 365 Å². The highest BCUT2D eigenvalue weighted by Crippen LogP contribution is 2.52. The molecule has 0 unspecified atom stereocenters. The number of para-hydroxylation sites is 2. The summed E-state index contributed by atoms with van der Waals surface area (Å²) in [5, 5.41) is 7.72. The fourth-order valence-electron chi connectivity index (χ4n) is 11.5. The van der Waals surface area contributed by atoms with Crippen molar-refractivity contribution in [1.29, 1.82) is 0 Å². The number of hydrogen-bond acceptors (Lipinski definition) is 0. The SMILES string of the molecule is CC1(C)c2ccccc2-c2cc3c4cc(-c5ccc6c(c5)c5ccccc5n6-c5ccccc5)ccc4n(-c4ccc(-c5ccc6c7c(cccc57)-c5ccccc5-6)cc4)c3cc21. The van der Waals surface area contributed by atoms with Gasteiger partial charge in [0.15, 0.2) is 0 Å². The van der Waals surface area contributed by atoms with Crippen molar-refractivity contribution in [3.8, 4) is 67.0 Å². The molecule has 2 aliphatic carbocycles. The van der Waals surface area contributed by atoms with Crippen LogP contribution in [0.4, 0.5) is 0 Å². The second-order valence-electron chi connectivity index (χ2n) is 18.1. The predicted molar refractivity (Wildman–Crippen MR) is 265 cm³/mol. The first-order chi connectivity index (χ1) is 31.0. The average Bonchev–Trinajstić information content (AvgIpc) is 4.02. The van der Waals surface area contributed by atoms with Gasteiger partial charge in [0.25, 0.3) is 0 Å². The van der Waals surface area contributed by atoms with E-state index in [-0.39, 0.29) is 5.41 Å². The minimum Gasteiger partial charge on any atom is -0.309 e. The van der Waals surface area contributed by atoms with E-state index in [1.807, 2.05) is 0 Å². The zero-order valence-corrected chi connectivity index (χ0v) is 35.0. The molecule has 0 N–H and O–H groups in total. The molecule has 0 saturated heterocycles. The second kappa shape index (κ2) is 12.6. The van der Waals surface area contributed by atoms with Crippen LogP contribution in [0.25, 0.3) is 121 Å². The molecule has 2 aliphatic rings. The van der Waals surface area contributed by atoms with Gasteiger partial charge in [-0.15, -0.1) is 0 Å². The second-order valence-corrected chi connectivity index (χ2v) is 18.1. The first kappa shape index (κ1) is 34.7. The summed E-state index contributed by atoms with van der Waals surface area (Å²) in [6.45, 7) is 4.76. The molecule has 2 heterocycles. The number of rotatable bonds is 4. The first-order valence-corrected chi connectivity index (χ1v) is 22.1. The summed E-state index contributed by atoms with van der Waals surface area (Å²) < 4.78 is 4.89. The lowest BCUT2D eigenvalue weighted by molar-refractivity contribution is 0.661. The molecule has 0 saturated carbocycles. The quantitative estimate of drug-likeness (QED) is 0.168. The van der Waals surface area contributed by atoms with Gasteiger partial charge in [0.2, 0.25) is 0 Å². The van der Waals surface area contributed by atoms with Gasteiger partial charge in [-0.25, -0.2) is 0 Å². The Morgan fingerprint density at radius 2 is 0.810 bits per heavy atom. The summed E-state index contributed by atoms with van der Waals surface area (Å²) in [5.41, 5.74) is 22.8. The van der Waals surface area contributed by atoms with Crippen molar-refractivity contribution in [2.75, 3.05) is 0 Å². The Morgan fingerprint density at radius 1 is 0.286 bits per heavy atom. The maximum absolute atomic E-state index is 2.50. The van der Waals surface area contributed by atoms with Gasteiger partial charge in [-0.05, 0) is 144 Å². The van der Waals surface area contributed by atoms with Gasteiger partial charge in [0.1, 0.15) is 0 Å². The van der Waals surface area contributed by atoms with Crippen molar-refractivity contribution in [2.45, 2.75) is 19.3 Å². The van der Waals surface area contributed by atoms with Gasteiger partial charge in [-0.1, -0.05) is 153 Å². The van der Waals surface area contributed by atoms with Gasteiger partial charge in [-0.2, -0.15) is 0 Å². The summed E-state index contributed by atoms with van der Waals surface area (Å²) in [6.07, 6.45) is 0. The Balaban J connectivity index is 0.954. The van der Waals surface area contributed by atoms with E-state index in [1.54, 1.807) is 0 Å². The molecule has 0 radical (unpaired) electrons. The highest BCUT2D eigenvalue weighted by atomic mass is 15.0. The van der Waals surface area contributed by atoms with Crippen LogP contribution in [0.3, 0.4) is 0 Å².